The normalized spacial score (nSPS) is 10.1. The van der Waals surface area contributed by atoms with E-state index in [9.17, 15) is 9.18 Å². The van der Waals surface area contributed by atoms with Crippen molar-refractivity contribution in [3.05, 3.63) is 29.8 Å². The summed E-state index contributed by atoms with van der Waals surface area (Å²) in [6.07, 6.45) is 1.03. The SMILES string of the molecule is CCN(CCCl)C(=O)c1ccc(F)cn1. The number of halogens is 2. The van der Waals surface area contributed by atoms with Gasteiger partial charge in [-0.25, -0.2) is 9.37 Å². The number of alkyl halides is 1. The van der Waals surface area contributed by atoms with Gasteiger partial charge in [-0.3, -0.25) is 4.79 Å². The van der Waals surface area contributed by atoms with Crippen molar-refractivity contribution in [2.45, 2.75) is 6.92 Å². The standard InChI is InChI=1S/C10H12ClFN2O/c1-2-14(6-5-11)10(15)9-4-3-8(12)7-13-9/h3-4,7H,2,5-6H2,1H3. The van der Waals surface area contributed by atoms with Gasteiger partial charge in [0.15, 0.2) is 0 Å². The maximum absolute atomic E-state index is 12.6. The molecule has 3 nitrogen and oxygen atoms in total. The second kappa shape index (κ2) is 5.66. The summed E-state index contributed by atoms with van der Waals surface area (Å²) < 4.78 is 12.6. The fourth-order valence-corrected chi connectivity index (χ4v) is 1.37. The molecule has 82 valence electrons. The van der Waals surface area contributed by atoms with Gasteiger partial charge in [0.05, 0.1) is 6.20 Å². The highest BCUT2D eigenvalue weighted by Gasteiger charge is 2.14. The molecule has 0 aliphatic rings. The van der Waals surface area contributed by atoms with Crippen LogP contribution in [0.2, 0.25) is 0 Å². The molecule has 0 bridgehead atoms. The summed E-state index contributed by atoms with van der Waals surface area (Å²) in [4.78, 5) is 17.0. The van der Waals surface area contributed by atoms with E-state index in [2.05, 4.69) is 4.98 Å². The number of nitrogens with zero attached hydrogens (tertiary/aromatic N) is 2. The van der Waals surface area contributed by atoms with E-state index in [1.807, 2.05) is 6.92 Å². The highest BCUT2D eigenvalue weighted by atomic mass is 35.5. The molecule has 0 saturated heterocycles. The third-order valence-electron chi connectivity index (χ3n) is 1.97. The molecule has 1 aromatic heterocycles. The Labute approximate surface area is 92.9 Å². The van der Waals surface area contributed by atoms with Crippen LogP contribution in [-0.2, 0) is 0 Å². The number of hydrogen-bond donors (Lipinski definition) is 0. The molecule has 0 fully saturated rings. The molecule has 0 aliphatic heterocycles. The molecule has 0 aromatic carbocycles. The first kappa shape index (κ1) is 11.9. The Morgan fingerprint density at radius 3 is 2.80 bits per heavy atom. The van der Waals surface area contributed by atoms with E-state index < -0.39 is 5.82 Å². The molecule has 5 heteroatoms. The van der Waals surface area contributed by atoms with Crippen LogP contribution >= 0.6 is 11.6 Å². The van der Waals surface area contributed by atoms with E-state index in [0.717, 1.165) is 6.20 Å². The Morgan fingerprint density at radius 1 is 1.60 bits per heavy atom. The van der Waals surface area contributed by atoms with E-state index >= 15 is 0 Å². The lowest BCUT2D eigenvalue weighted by Gasteiger charge is -2.18. The monoisotopic (exact) mass is 230 g/mol. The number of carbonyl (C=O) groups is 1. The maximum atomic E-state index is 12.6. The number of carbonyl (C=O) groups excluding carboxylic acids is 1. The van der Waals surface area contributed by atoms with E-state index in [1.165, 1.54) is 12.1 Å². The predicted molar refractivity (Wildman–Crippen MR) is 56.5 cm³/mol. The van der Waals surface area contributed by atoms with Crippen molar-refractivity contribution in [3.63, 3.8) is 0 Å². The minimum atomic E-state index is -0.452. The molecule has 1 rings (SSSR count). The third-order valence-corrected chi connectivity index (χ3v) is 2.14. The number of rotatable bonds is 4. The van der Waals surface area contributed by atoms with Crippen molar-refractivity contribution in [2.24, 2.45) is 0 Å². The fourth-order valence-electron chi connectivity index (χ4n) is 1.17. The predicted octanol–water partition coefficient (Wildman–Crippen LogP) is 1.92. The smallest absolute Gasteiger partial charge is 0.272 e. The zero-order valence-corrected chi connectivity index (χ0v) is 9.17. The van der Waals surface area contributed by atoms with Crippen molar-refractivity contribution in [3.8, 4) is 0 Å². The molecule has 0 atom stereocenters. The van der Waals surface area contributed by atoms with Crippen molar-refractivity contribution in [1.82, 2.24) is 9.88 Å². The Bertz CT molecular complexity index is 329. The number of pyridine rings is 1. The Balaban J connectivity index is 2.78. The van der Waals surface area contributed by atoms with Gasteiger partial charge in [-0.2, -0.15) is 0 Å². The second-order valence-electron chi connectivity index (χ2n) is 2.94. The Hall–Kier alpha value is -1.16. The van der Waals surface area contributed by atoms with E-state index in [0.29, 0.717) is 19.0 Å². The molecule has 1 amide bonds. The first-order valence-electron chi connectivity index (χ1n) is 4.65. The summed E-state index contributed by atoms with van der Waals surface area (Å²) in [5, 5.41) is 0. The van der Waals surface area contributed by atoms with Crippen LogP contribution in [0.5, 0.6) is 0 Å². The maximum Gasteiger partial charge on any atom is 0.272 e. The number of aromatic nitrogens is 1. The largest absolute Gasteiger partial charge is 0.336 e. The van der Waals surface area contributed by atoms with Gasteiger partial charge < -0.3 is 4.90 Å². The molecular formula is C10H12ClFN2O. The van der Waals surface area contributed by atoms with Crippen LogP contribution in [0.15, 0.2) is 18.3 Å². The van der Waals surface area contributed by atoms with Crippen LogP contribution in [0.1, 0.15) is 17.4 Å². The summed E-state index contributed by atoms with van der Waals surface area (Å²) >= 11 is 5.56. The quantitative estimate of drug-likeness (QED) is 0.741. The van der Waals surface area contributed by atoms with Crippen molar-refractivity contribution in [2.75, 3.05) is 19.0 Å². The van der Waals surface area contributed by atoms with Gasteiger partial charge in [0, 0.05) is 19.0 Å². The van der Waals surface area contributed by atoms with Gasteiger partial charge in [0.2, 0.25) is 0 Å². The molecule has 0 saturated carbocycles. The summed E-state index contributed by atoms with van der Waals surface area (Å²) in [5.74, 6) is -0.300. The molecule has 0 unspecified atom stereocenters. The molecule has 0 spiro atoms. The first-order valence-corrected chi connectivity index (χ1v) is 5.19. The highest BCUT2D eigenvalue weighted by Crippen LogP contribution is 2.03. The molecular weight excluding hydrogens is 219 g/mol. The van der Waals surface area contributed by atoms with Gasteiger partial charge >= 0.3 is 0 Å². The third kappa shape index (κ3) is 3.16. The minimum Gasteiger partial charge on any atom is -0.336 e. The van der Waals surface area contributed by atoms with Crippen LogP contribution in [-0.4, -0.2) is 34.8 Å². The number of amides is 1. The van der Waals surface area contributed by atoms with Crippen LogP contribution in [0.4, 0.5) is 4.39 Å². The molecule has 15 heavy (non-hydrogen) atoms. The highest BCUT2D eigenvalue weighted by molar-refractivity contribution is 6.18. The zero-order valence-electron chi connectivity index (χ0n) is 8.41. The van der Waals surface area contributed by atoms with Crippen LogP contribution in [0.25, 0.3) is 0 Å². The van der Waals surface area contributed by atoms with E-state index in [-0.39, 0.29) is 11.6 Å². The lowest BCUT2D eigenvalue weighted by Crippen LogP contribution is -2.33. The Morgan fingerprint density at radius 2 is 2.33 bits per heavy atom. The van der Waals surface area contributed by atoms with Crippen LogP contribution in [0, 0.1) is 5.82 Å². The molecule has 1 aromatic rings. The number of hydrogen-bond acceptors (Lipinski definition) is 2. The second-order valence-corrected chi connectivity index (χ2v) is 3.31. The summed E-state index contributed by atoms with van der Waals surface area (Å²) in [6, 6.07) is 2.59. The minimum absolute atomic E-state index is 0.224. The Kier molecular flexibility index (Phi) is 4.49. The van der Waals surface area contributed by atoms with Gasteiger partial charge in [-0.1, -0.05) is 0 Å². The van der Waals surface area contributed by atoms with Gasteiger partial charge in [-0.15, -0.1) is 11.6 Å². The molecule has 0 radical (unpaired) electrons. The fraction of sp³-hybridized carbons (Fsp3) is 0.400. The molecule has 0 N–H and O–H groups in total. The lowest BCUT2D eigenvalue weighted by atomic mass is 10.3. The molecule has 1 heterocycles. The van der Waals surface area contributed by atoms with Crippen molar-refractivity contribution in [1.29, 1.82) is 0 Å². The summed E-state index contributed by atoms with van der Waals surface area (Å²) in [5.41, 5.74) is 0.239. The average Bonchev–Trinajstić information content (AvgIpc) is 2.26. The van der Waals surface area contributed by atoms with Gasteiger partial charge in [-0.05, 0) is 19.1 Å². The van der Waals surface area contributed by atoms with Crippen LogP contribution < -0.4 is 0 Å². The van der Waals surface area contributed by atoms with Gasteiger partial charge in [0.1, 0.15) is 11.5 Å². The lowest BCUT2D eigenvalue weighted by molar-refractivity contribution is 0.0768. The van der Waals surface area contributed by atoms with Crippen LogP contribution in [0.3, 0.4) is 0 Å². The zero-order chi connectivity index (χ0) is 11.3. The summed E-state index contributed by atoms with van der Waals surface area (Å²) in [7, 11) is 0. The van der Waals surface area contributed by atoms with Crippen molar-refractivity contribution < 1.29 is 9.18 Å². The first-order chi connectivity index (χ1) is 7.19. The summed E-state index contributed by atoms with van der Waals surface area (Å²) in [6.45, 7) is 2.88. The van der Waals surface area contributed by atoms with E-state index in [1.54, 1.807) is 4.90 Å². The van der Waals surface area contributed by atoms with Gasteiger partial charge in [0.25, 0.3) is 5.91 Å². The van der Waals surface area contributed by atoms with E-state index in [4.69, 9.17) is 11.6 Å². The topological polar surface area (TPSA) is 33.2 Å². The molecule has 0 aliphatic carbocycles. The van der Waals surface area contributed by atoms with Crippen molar-refractivity contribution >= 4 is 17.5 Å². The average molecular weight is 231 g/mol.